The molecule has 0 bridgehead atoms. The Morgan fingerprint density at radius 3 is 2.50 bits per heavy atom. The largest absolute Gasteiger partial charge is 0.456 e. The Balaban J connectivity index is 2.34. The molecule has 0 amide bonds. The Morgan fingerprint density at radius 1 is 1.06 bits per heavy atom. The molecule has 0 aliphatic rings. The summed E-state index contributed by atoms with van der Waals surface area (Å²) in [4.78, 5) is 0. The van der Waals surface area contributed by atoms with E-state index in [0.29, 0.717) is 5.56 Å². The number of nitriles is 1. The molecule has 0 saturated carbocycles. The van der Waals surface area contributed by atoms with Crippen LogP contribution in [0.3, 0.4) is 0 Å². The molecule has 0 saturated heterocycles. The van der Waals surface area contributed by atoms with Gasteiger partial charge in [0.1, 0.15) is 17.6 Å². The standard InChI is InChI=1S/C13H6BrF2NO/c14-9-1-4-13(8(5-9)7-17)18-10-2-3-11(15)12(16)6-10/h1-6H. The Hall–Kier alpha value is -1.93. The van der Waals surface area contributed by atoms with Crippen LogP contribution in [0, 0.1) is 23.0 Å². The second-order valence-electron chi connectivity index (χ2n) is 3.43. The minimum Gasteiger partial charge on any atom is -0.456 e. The van der Waals surface area contributed by atoms with Gasteiger partial charge in [-0.25, -0.2) is 8.78 Å². The Bertz CT molecular complexity index is 637. The molecule has 2 aromatic carbocycles. The lowest BCUT2D eigenvalue weighted by Gasteiger charge is -2.07. The van der Waals surface area contributed by atoms with Crippen molar-refractivity contribution in [3.05, 3.63) is 58.1 Å². The van der Waals surface area contributed by atoms with Gasteiger partial charge < -0.3 is 4.74 Å². The van der Waals surface area contributed by atoms with Gasteiger partial charge in [-0.15, -0.1) is 0 Å². The maximum Gasteiger partial charge on any atom is 0.162 e. The molecule has 0 fully saturated rings. The van der Waals surface area contributed by atoms with E-state index in [9.17, 15) is 8.78 Å². The minimum absolute atomic E-state index is 0.132. The number of rotatable bonds is 2. The third-order valence-corrected chi connectivity index (χ3v) is 2.67. The topological polar surface area (TPSA) is 33.0 Å². The van der Waals surface area contributed by atoms with Crippen LogP contribution in [0.1, 0.15) is 5.56 Å². The van der Waals surface area contributed by atoms with Crippen molar-refractivity contribution in [2.24, 2.45) is 0 Å². The average Bonchev–Trinajstić information content (AvgIpc) is 2.36. The molecule has 90 valence electrons. The van der Waals surface area contributed by atoms with Gasteiger partial charge in [-0.1, -0.05) is 15.9 Å². The monoisotopic (exact) mass is 309 g/mol. The van der Waals surface area contributed by atoms with Crippen LogP contribution >= 0.6 is 15.9 Å². The second kappa shape index (κ2) is 5.15. The van der Waals surface area contributed by atoms with Gasteiger partial charge in [-0.3, -0.25) is 0 Å². The molecule has 0 N–H and O–H groups in total. The molecule has 5 heteroatoms. The van der Waals surface area contributed by atoms with Gasteiger partial charge in [0.25, 0.3) is 0 Å². The third-order valence-electron chi connectivity index (χ3n) is 2.18. The normalized spacial score (nSPS) is 9.89. The highest BCUT2D eigenvalue weighted by atomic mass is 79.9. The molecule has 18 heavy (non-hydrogen) atoms. The van der Waals surface area contributed by atoms with Crippen molar-refractivity contribution in [3.63, 3.8) is 0 Å². The van der Waals surface area contributed by atoms with E-state index in [0.717, 1.165) is 16.6 Å². The molecule has 0 aromatic heterocycles. The van der Waals surface area contributed by atoms with Crippen LogP contribution < -0.4 is 4.74 Å². The zero-order valence-electron chi connectivity index (χ0n) is 8.95. The minimum atomic E-state index is -0.997. The molecule has 2 aromatic rings. The smallest absolute Gasteiger partial charge is 0.162 e. The maximum absolute atomic E-state index is 13.0. The molecule has 0 aliphatic carbocycles. The van der Waals surface area contributed by atoms with Crippen LogP contribution in [-0.2, 0) is 0 Å². The molecular weight excluding hydrogens is 304 g/mol. The van der Waals surface area contributed by atoms with E-state index >= 15 is 0 Å². The SMILES string of the molecule is N#Cc1cc(Br)ccc1Oc1ccc(F)c(F)c1. The summed E-state index contributed by atoms with van der Waals surface area (Å²) in [6, 6.07) is 9.99. The Kier molecular flexibility index (Phi) is 3.58. The van der Waals surface area contributed by atoms with Crippen molar-refractivity contribution in [1.29, 1.82) is 5.26 Å². The van der Waals surface area contributed by atoms with Gasteiger partial charge >= 0.3 is 0 Å². The first-order valence-corrected chi connectivity index (χ1v) is 5.72. The third kappa shape index (κ3) is 2.66. The quantitative estimate of drug-likeness (QED) is 0.824. The number of halogens is 3. The Labute approximate surface area is 111 Å². The fraction of sp³-hybridized carbons (Fsp3) is 0. The molecule has 0 spiro atoms. The molecular formula is C13H6BrF2NO. The lowest BCUT2D eigenvalue weighted by atomic mass is 10.2. The van der Waals surface area contributed by atoms with Gasteiger partial charge in [-0.2, -0.15) is 5.26 Å². The number of nitrogens with zero attached hydrogens (tertiary/aromatic N) is 1. The molecule has 0 heterocycles. The first kappa shape index (κ1) is 12.5. The summed E-state index contributed by atoms with van der Waals surface area (Å²) in [5, 5.41) is 8.93. The maximum atomic E-state index is 13.0. The van der Waals surface area contributed by atoms with E-state index in [1.54, 1.807) is 18.2 Å². The number of hydrogen-bond acceptors (Lipinski definition) is 2. The first-order valence-electron chi connectivity index (χ1n) is 4.92. The fourth-order valence-electron chi connectivity index (χ4n) is 1.35. The molecule has 0 radical (unpaired) electrons. The van der Waals surface area contributed by atoms with Crippen LogP contribution in [-0.4, -0.2) is 0 Å². The van der Waals surface area contributed by atoms with E-state index in [-0.39, 0.29) is 11.5 Å². The summed E-state index contributed by atoms with van der Waals surface area (Å²) in [5.74, 6) is -1.53. The molecule has 0 atom stereocenters. The van der Waals surface area contributed by atoms with Crippen molar-refractivity contribution in [2.75, 3.05) is 0 Å². The molecule has 0 aliphatic heterocycles. The van der Waals surface area contributed by atoms with E-state index in [1.165, 1.54) is 6.07 Å². The molecule has 2 rings (SSSR count). The van der Waals surface area contributed by atoms with Gasteiger partial charge in [0.15, 0.2) is 11.6 Å². The van der Waals surface area contributed by atoms with E-state index < -0.39 is 11.6 Å². The second-order valence-corrected chi connectivity index (χ2v) is 4.35. The van der Waals surface area contributed by atoms with Crippen LogP contribution in [0.25, 0.3) is 0 Å². The van der Waals surface area contributed by atoms with Crippen LogP contribution in [0.4, 0.5) is 8.78 Å². The van der Waals surface area contributed by atoms with Crippen molar-refractivity contribution in [3.8, 4) is 17.6 Å². The lowest BCUT2D eigenvalue weighted by molar-refractivity contribution is 0.460. The Morgan fingerprint density at radius 2 is 1.83 bits per heavy atom. The number of ether oxygens (including phenoxy) is 1. The highest BCUT2D eigenvalue weighted by Crippen LogP contribution is 2.28. The zero-order valence-corrected chi connectivity index (χ0v) is 10.5. The predicted octanol–water partition coefficient (Wildman–Crippen LogP) is 4.39. The molecule has 0 unspecified atom stereocenters. The zero-order chi connectivity index (χ0) is 13.1. The lowest BCUT2D eigenvalue weighted by Crippen LogP contribution is -1.90. The van der Waals surface area contributed by atoms with E-state index in [4.69, 9.17) is 10.00 Å². The van der Waals surface area contributed by atoms with E-state index in [2.05, 4.69) is 15.9 Å². The summed E-state index contributed by atoms with van der Waals surface area (Å²) >= 11 is 3.23. The van der Waals surface area contributed by atoms with Gasteiger partial charge in [-0.05, 0) is 30.3 Å². The van der Waals surface area contributed by atoms with Crippen molar-refractivity contribution < 1.29 is 13.5 Å². The van der Waals surface area contributed by atoms with Gasteiger partial charge in [0, 0.05) is 10.5 Å². The van der Waals surface area contributed by atoms with Crippen LogP contribution in [0.15, 0.2) is 40.9 Å². The van der Waals surface area contributed by atoms with Gasteiger partial charge in [0.05, 0.1) is 5.56 Å². The molecule has 2 nitrogen and oxygen atoms in total. The summed E-state index contributed by atoms with van der Waals surface area (Å²) in [6.07, 6.45) is 0. The van der Waals surface area contributed by atoms with Crippen molar-refractivity contribution in [1.82, 2.24) is 0 Å². The van der Waals surface area contributed by atoms with E-state index in [1.807, 2.05) is 6.07 Å². The van der Waals surface area contributed by atoms with Crippen molar-refractivity contribution in [2.45, 2.75) is 0 Å². The van der Waals surface area contributed by atoms with Crippen LogP contribution in [0.5, 0.6) is 11.5 Å². The highest BCUT2D eigenvalue weighted by molar-refractivity contribution is 9.10. The fourth-order valence-corrected chi connectivity index (χ4v) is 1.71. The summed E-state index contributed by atoms with van der Waals surface area (Å²) in [5.41, 5.74) is 0.300. The average molecular weight is 310 g/mol. The van der Waals surface area contributed by atoms with Crippen molar-refractivity contribution >= 4 is 15.9 Å². The predicted molar refractivity (Wildman–Crippen MR) is 65.3 cm³/mol. The van der Waals surface area contributed by atoms with Crippen LogP contribution in [0.2, 0.25) is 0 Å². The van der Waals surface area contributed by atoms with Gasteiger partial charge in [0.2, 0.25) is 0 Å². The number of benzene rings is 2. The highest BCUT2D eigenvalue weighted by Gasteiger charge is 2.08. The summed E-state index contributed by atoms with van der Waals surface area (Å²) in [7, 11) is 0. The first-order chi connectivity index (χ1) is 8.60. The summed E-state index contributed by atoms with van der Waals surface area (Å²) in [6.45, 7) is 0. The number of hydrogen-bond donors (Lipinski definition) is 0. The summed E-state index contributed by atoms with van der Waals surface area (Å²) < 4.78 is 31.8.